The van der Waals surface area contributed by atoms with Crippen LogP contribution in [0.5, 0.6) is 0 Å². The van der Waals surface area contributed by atoms with Gasteiger partial charge in [0.15, 0.2) is 6.10 Å². The summed E-state index contributed by atoms with van der Waals surface area (Å²) in [5.74, 6) is 1.77. The first-order chi connectivity index (χ1) is 33.7. The molecule has 0 N–H and O–H groups in total. The molecular formula is C63H122O6. The third kappa shape index (κ3) is 54.0. The fraction of sp³-hybridized carbons (Fsp3) is 0.952. The highest BCUT2D eigenvalue weighted by Crippen LogP contribution is 2.20. The third-order valence-electron chi connectivity index (χ3n) is 15.1. The van der Waals surface area contributed by atoms with Crippen LogP contribution >= 0.6 is 0 Å². The number of unbranched alkanes of at least 4 members (excludes halogenated alkanes) is 37. The van der Waals surface area contributed by atoms with Gasteiger partial charge in [0.25, 0.3) is 0 Å². The summed E-state index contributed by atoms with van der Waals surface area (Å²) in [5, 5.41) is 0. The van der Waals surface area contributed by atoms with E-state index < -0.39 is 6.10 Å². The molecular weight excluding hydrogens is 853 g/mol. The molecule has 0 bridgehead atoms. The number of rotatable bonds is 56. The van der Waals surface area contributed by atoms with Crippen molar-refractivity contribution < 1.29 is 28.6 Å². The summed E-state index contributed by atoms with van der Waals surface area (Å²) in [5.41, 5.74) is 0. The number of carbonyl (C=O) groups excluding carboxylic acids is 3. The molecule has 0 rings (SSSR count). The van der Waals surface area contributed by atoms with Gasteiger partial charge in [-0.25, -0.2) is 0 Å². The van der Waals surface area contributed by atoms with Gasteiger partial charge in [-0.1, -0.05) is 311 Å². The van der Waals surface area contributed by atoms with Crippen molar-refractivity contribution in [2.24, 2.45) is 17.8 Å². The monoisotopic (exact) mass is 975 g/mol. The van der Waals surface area contributed by atoms with Crippen molar-refractivity contribution >= 4 is 17.9 Å². The van der Waals surface area contributed by atoms with Gasteiger partial charge in [0, 0.05) is 19.3 Å². The molecule has 0 aromatic heterocycles. The van der Waals surface area contributed by atoms with Crippen molar-refractivity contribution in [3.05, 3.63) is 0 Å². The van der Waals surface area contributed by atoms with E-state index in [1.807, 2.05) is 0 Å². The summed E-state index contributed by atoms with van der Waals surface area (Å²) < 4.78 is 16.9. The fourth-order valence-corrected chi connectivity index (χ4v) is 9.64. The predicted octanol–water partition coefficient (Wildman–Crippen LogP) is 20.7. The number of ether oxygens (including phenoxy) is 3. The first-order valence-electron chi connectivity index (χ1n) is 31.2. The van der Waals surface area contributed by atoms with Crippen LogP contribution in [0, 0.1) is 17.8 Å². The average Bonchev–Trinajstić information content (AvgIpc) is 3.34. The van der Waals surface area contributed by atoms with Crippen LogP contribution < -0.4 is 0 Å². The van der Waals surface area contributed by atoms with Gasteiger partial charge in [0.2, 0.25) is 0 Å². The van der Waals surface area contributed by atoms with Gasteiger partial charge in [0.1, 0.15) is 13.2 Å². The smallest absolute Gasteiger partial charge is 0.306 e. The fourth-order valence-electron chi connectivity index (χ4n) is 9.64. The minimum atomic E-state index is -0.764. The van der Waals surface area contributed by atoms with Crippen molar-refractivity contribution in [3.63, 3.8) is 0 Å². The Balaban J connectivity index is 4.27. The van der Waals surface area contributed by atoms with Crippen LogP contribution in [0.4, 0.5) is 0 Å². The van der Waals surface area contributed by atoms with E-state index in [1.165, 1.54) is 231 Å². The molecule has 0 saturated heterocycles. The van der Waals surface area contributed by atoms with Crippen LogP contribution in [0.15, 0.2) is 0 Å². The molecule has 3 atom stereocenters. The summed E-state index contributed by atoms with van der Waals surface area (Å²) in [4.78, 5) is 38.2. The highest BCUT2D eigenvalue weighted by atomic mass is 16.6. The minimum absolute atomic E-state index is 0.0632. The van der Waals surface area contributed by atoms with Crippen molar-refractivity contribution in [1.29, 1.82) is 0 Å². The Labute approximate surface area is 431 Å². The second-order valence-electron chi connectivity index (χ2n) is 22.7. The topological polar surface area (TPSA) is 78.9 Å². The molecule has 410 valence electrons. The van der Waals surface area contributed by atoms with Crippen LogP contribution in [0.3, 0.4) is 0 Å². The van der Waals surface area contributed by atoms with Gasteiger partial charge in [-0.15, -0.1) is 0 Å². The van der Waals surface area contributed by atoms with Crippen LogP contribution in [-0.4, -0.2) is 37.2 Å². The zero-order valence-electron chi connectivity index (χ0n) is 47.6. The molecule has 0 amide bonds. The zero-order chi connectivity index (χ0) is 50.5. The lowest BCUT2D eigenvalue weighted by Crippen LogP contribution is -2.30. The number of hydrogen-bond donors (Lipinski definition) is 0. The van der Waals surface area contributed by atoms with E-state index in [0.29, 0.717) is 19.3 Å². The van der Waals surface area contributed by atoms with Crippen LogP contribution in [0.2, 0.25) is 0 Å². The Hall–Kier alpha value is -1.59. The minimum Gasteiger partial charge on any atom is -0.462 e. The molecule has 0 heterocycles. The SMILES string of the molecule is CCC(C)CCCCCCCCCCCCCCCCCCCCC(=O)O[C@H](COC(=O)CCCCCCCCCCCCCCC(C)C)COC(=O)CCCCCCCCCCCCC(C)CC. The first-order valence-corrected chi connectivity index (χ1v) is 31.2. The van der Waals surface area contributed by atoms with E-state index >= 15 is 0 Å². The zero-order valence-corrected chi connectivity index (χ0v) is 47.6. The van der Waals surface area contributed by atoms with E-state index in [4.69, 9.17) is 14.2 Å². The molecule has 0 aliphatic rings. The number of carbonyl (C=O) groups is 3. The van der Waals surface area contributed by atoms with Crippen molar-refractivity contribution in [3.8, 4) is 0 Å². The summed E-state index contributed by atoms with van der Waals surface area (Å²) in [6.45, 7) is 13.8. The Morgan fingerprint density at radius 3 is 0.754 bits per heavy atom. The Morgan fingerprint density at radius 2 is 0.507 bits per heavy atom. The summed E-state index contributed by atoms with van der Waals surface area (Å²) >= 11 is 0. The Bertz CT molecular complexity index is 1070. The molecule has 0 fully saturated rings. The van der Waals surface area contributed by atoms with Crippen LogP contribution in [0.1, 0.15) is 350 Å². The van der Waals surface area contributed by atoms with E-state index in [0.717, 1.165) is 75.5 Å². The van der Waals surface area contributed by atoms with E-state index in [1.54, 1.807) is 0 Å². The molecule has 6 nitrogen and oxygen atoms in total. The second kappa shape index (κ2) is 54.2. The van der Waals surface area contributed by atoms with E-state index in [9.17, 15) is 14.4 Å². The van der Waals surface area contributed by atoms with Crippen molar-refractivity contribution in [2.45, 2.75) is 356 Å². The molecule has 0 saturated carbocycles. The van der Waals surface area contributed by atoms with E-state index in [-0.39, 0.29) is 31.1 Å². The normalized spacial score (nSPS) is 12.9. The molecule has 0 aliphatic heterocycles. The maximum absolute atomic E-state index is 12.9. The Kier molecular flexibility index (Phi) is 52.9. The molecule has 0 radical (unpaired) electrons. The lowest BCUT2D eigenvalue weighted by Gasteiger charge is -2.18. The number of esters is 3. The van der Waals surface area contributed by atoms with Gasteiger partial charge < -0.3 is 14.2 Å². The molecule has 2 unspecified atom stereocenters. The molecule has 6 heteroatoms. The van der Waals surface area contributed by atoms with Gasteiger partial charge in [-0.2, -0.15) is 0 Å². The number of hydrogen-bond acceptors (Lipinski definition) is 6. The lowest BCUT2D eigenvalue weighted by atomic mass is 9.99. The summed E-state index contributed by atoms with van der Waals surface area (Å²) in [6, 6.07) is 0. The maximum atomic E-state index is 12.9. The molecule has 0 aromatic carbocycles. The first kappa shape index (κ1) is 67.4. The summed E-state index contributed by atoms with van der Waals surface area (Å²) in [7, 11) is 0. The van der Waals surface area contributed by atoms with Gasteiger partial charge in [-0.3, -0.25) is 14.4 Å². The van der Waals surface area contributed by atoms with Crippen LogP contribution in [-0.2, 0) is 28.6 Å². The van der Waals surface area contributed by atoms with Crippen molar-refractivity contribution in [1.82, 2.24) is 0 Å². The predicted molar refractivity (Wildman–Crippen MR) is 298 cm³/mol. The van der Waals surface area contributed by atoms with Crippen LogP contribution in [0.25, 0.3) is 0 Å². The second-order valence-corrected chi connectivity index (χ2v) is 22.7. The summed E-state index contributed by atoms with van der Waals surface area (Å²) in [6.07, 6.45) is 58.0. The quantitative estimate of drug-likeness (QED) is 0.0343. The molecule has 0 spiro atoms. The highest BCUT2D eigenvalue weighted by Gasteiger charge is 2.19. The van der Waals surface area contributed by atoms with Gasteiger partial charge in [0.05, 0.1) is 0 Å². The Morgan fingerprint density at radius 1 is 0.290 bits per heavy atom. The molecule has 0 aliphatic carbocycles. The largest absolute Gasteiger partial charge is 0.462 e. The molecule has 0 aromatic rings. The van der Waals surface area contributed by atoms with Gasteiger partial charge >= 0.3 is 17.9 Å². The standard InChI is InChI=1S/C63H122O6/c1-7-58(5)50-44-38-32-26-20-15-13-11-9-10-12-14-16-22-30-36-42-48-54-63(66)69-60(56-68-62(65)53-47-41-35-29-24-23-27-33-39-45-51-59(6)8-2)55-67-61(64)52-46-40-34-28-21-18-17-19-25-31-37-43-49-57(3)4/h57-60H,7-56H2,1-6H3/t58?,59?,60-/m1/s1. The lowest BCUT2D eigenvalue weighted by molar-refractivity contribution is -0.167. The third-order valence-corrected chi connectivity index (χ3v) is 15.1. The molecule has 69 heavy (non-hydrogen) atoms. The van der Waals surface area contributed by atoms with Crippen molar-refractivity contribution in [2.75, 3.05) is 13.2 Å². The van der Waals surface area contributed by atoms with E-state index in [2.05, 4.69) is 41.5 Å². The maximum Gasteiger partial charge on any atom is 0.306 e. The average molecular weight is 976 g/mol. The highest BCUT2D eigenvalue weighted by molar-refractivity contribution is 5.71. The van der Waals surface area contributed by atoms with Gasteiger partial charge in [-0.05, 0) is 37.0 Å².